The quantitative estimate of drug-likeness (QED) is 0.0966. The molecule has 2 atom stereocenters. The SMILES string of the molecule is Cc1ccc(COC(=O)C(CCC(=O)OC(C)(C)C)NC(=O)NC(CCCCNC(=O)CCCCCN)C(=O)OC(C)(C)C)cc1. The first kappa shape index (κ1) is 40.4. The predicted molar refractivity (Wildman–Crippen MR) is 176 cm³/mol. The van der Waals surface area contributed by atoms with Gasteiger partial charge in [0.25, 0.3) is 0 Å². The first-order chi connectivity index (χ1) is 21.5. The van der Waals surface area contributed by atoms with Gasteiger partial charge >= 0.3 is 23.9 Å². The van der Waals surface area contributed by atoms with Crippen molar-refractivity contribution >= 4 is 29.8 Å². The molecular formula is C34H56N4O8. The van der Waals surface area contributed by atoms with Crippen molar-refractivity contribution in [2.24, 2.45) is 5.73 Å². The van der Waals surface area contributed by atoms with E-state index in [4.69, 9.17) is 19.9 Å². The molecule has 5 N–H and O–H groups in total. The number of ether oxygens (including phenoxy) is 3. The summed E-state index contributed by atoms with van der Waals surface area (Å²) in [7, 11) is 0. The number of carbonyl (C=O) groups is 5. The van der Waals surface area contributed by atoms with Crippen LogP contribution >= 0.6 is 0 Å². The van der Waals surface area contributed by atoms with Gasteiger partial charge in [0.1, 0.15) is 29.9 Å². The maximum atomic E-state index is 13.1. The summed E-state index contributed by atoms with van der Waals surface area (Å²) in [6.07, 6.45) is 4.13. The van der Waals surface area contributed by atoms with Crippen LogP contribution < -0.4 is 21.7 Å². The van der Waals surface area contributed by atoms with Crippen molar-refractivity contribution in [2.75, 3.05) is 13.1 Å². The van der Waals surface area contributed by atoms with E-state index in [1.54, 1.807) is 41.5 Å². The fourth-order valence-electron chi connectivity index (χ4n) is 4.22. The third-order valence-corrected chi connectivity index (χ3v) is 6.50. The maximum Gasteiger partial charge on any atom is 0.329 e. The molecule has 0 aliphatic heterocycles. The molecule has 1 rings (SSSR count). The van der Waals surface area contributed by atoms with Gasteiger partial charge in [-0.15, -0.1) is 0 Å². The van der Waals surface area contributed by atoms with Crippen molar-refractivity contribution < 1.29 is 38.2 Å². The van der Waals surface area contributed by atoms with Crippen molar-refractivity contribution in [3.05, 3.63) is 35.4 Å². The van der Waals surface area contributed by atoms with Crippen LogP contribution in [0.2, 0.25) is 0 Å². The smallest absolute Gasteiger partial charge is 0.329 e. The molecule has 0 aliphatic carbocycles. The van der Waals surface area contributed by atoms with E-state index in [0.717, 1.165) is 30.4 Å². The zero-order chi connectivity index (χ0) is 34.8. The molecule has 3 amide bonds. The minimum atomic E-state index is -1.18. The van der Waals surface area contributed by atoms with Crippen LogP contribution in [0.4, 0.5) is 4.79 Å². The molecule has 0 aromatic heterocycles. The third-order valence-electron chi connectivity index (χ3n) is 6.50. The summed E-state index contributed by atoms with van der Waals surface area (Å²) in [5.41, 5.74) is 5.80. The summed E-state index contributed by atoms with van der Waals surface area (Å²) >= 11 is 0. The molecule has 1 aromatic rings. The van der Waals surface area contributed by atoms with E-state index >= 15 is 0 Å². The number of hydrogen-bond acceptors (Lipinski definition) is 9. The number of aryl methyl sites for hydroxylation is 1. The van der Waals surface area contributed by atoms with Gasteiger partial charge in [0.2, 0.25) is 5.91 Å². The maximum absolute atomic E-state index is 13.1. The van der Waals surface area contributed by atoms with Crippen LogP contribution in [0.25, 0.3) is 0 Å². The molecule has 0 heterocycles. The summed E-state index contributed by atoms with van der Waals surface area (Å²) in [5.74, 6) is -1.92. The molecule has 0 saturated heterocycles. The normalized spacial score (nSPS) is 12.8. The van der Waals surface area contributed by atoms with Crippen LogP contribution in [-0.2, 0) is 40.0 Å². The fraction of sp³-hybridized carbons (Fsp3) is 0.676. The lowest BCUT2D eigenvalue weighted by molar-refractivity contribution is -0.157. The van der Waals surface area contributed by atoms with Crippen molar-refractivity contribution in [1.29, 1.82) is 0 Å². The van der Waals surface area contributed by atoms with Crippen LogP contribution in [0.15, 0.2) is 24.3 Å². The van der Waals surface area contributed by atoms with E-state index in [2.05, 4.69) is 16.0 Å². The number of benzene rings is 1. The molecule has 260 valence electrons. The van der Waals surface area contributed by atoms with E-state index in [0.29, 0.717) is 32.4 Å². The first-order valence-corrected chi connectivity index (χ1v) is 16.2. The molecule has 0 aliphatic rings. The van der Waals surface area contributed by atoms with Crippen LogP contribution in [0, 0.1) is 6.92 Å². The van der Waals surface area contributed by atoms with Crippen LogP contribution in [-0.4, -0.2) is 66.2 Å². The van der Waals surface area contributed by atoms with Gasteiger partial charge in [-0.25, -0.2) is 14.4 Å². The van der Waals surface area contributed by atoms with Gasteiger partial charge in [-0.3, -0.25) is 9.59 Å². The van der Waals surface area contributed by atoms with E-state index in [1.165, 1.54) is 0 Å². The molecule has 0 fully saturated rings. The lowest BCUT2D eigenvalue weighted by atomic mass is 10.1. The fourth-order valence-corrected chi connectivity index (χ4v) is 4.22. The minimum absolute atomic E-state index is 0.0177. The Labute approximate surface area is 274 Å². The van der Waals surface area contributed by atoms with E-state index in [-0.39, 0.29) is 31.8 Å². The number of nitrogens with two attached hydrogens (primary N) is 1. The third kappa shape index (κ3) is 19.7. The topological polar surface area (TPSA) is 175 Å². The Balaban J connectivity index is 2.85. The van der Waals surface area contributed by atoms with Gasteiger partial charge < -0.3 is 35.9 Å². The highest BCUT2D eigenvalue weighted by Crippen LogP contribution is 2.14. The predicted octanol–water partition coefficient (Wildman–Crippen LogP) is 4.34. The number of nitrogens with one attached hydrogen (secondary N) is 3. The number of rotatable bonds is 19. The van der Waals surface area contributed by atoms with Gasteiger partial charge in [-0.1, -0.05) is 36.2 Å². The minimum Gasteiger partial charge on any atom is -0.460 e. The largest absolute Gasteiger partial charge is 0.460 e. The Morgan fingerprint density at radius 2 is 1.35 bits per heavy atom. The van der Waals surface area contributed by atoms with Crippen molar-refractivity contribution in [3.63, 3.8) is 0 Å². The average Bonchev–Trinajstić information content (AvgIpc) is 2.94. The Hall–Kier alpha value is -3.67. The van der Waals surface area contributed by atoms with Crippen LogP contribution in [0.1, 0.15) is 110 Å². The highest BCUT2D eigenvalue weighted by molar-refractivity contribution is 5.87. The zero-order valence-electron chi connectivity index (χ0n) is 28.8. The second kappa shape index (κ2) is 20.5. The summed E-state index contributed by atoms with van der Waals surface area (Å²) in [6.45, 7) is 13.3. The number of carbonyl (C=O) groups excluding carboxylic acids is 5. The standard InChI is InChI=1S/C34H56N4O8/c1-24-15-17-25(18-16-24)23-44-30(41)27(19-20-29(40)45-33(2,3)4)38-32(43)37-26(31(42)46-34(5,6)7)13-10-12-22-36-28(39)14-9-8-11-21-35/h15-18,26-27H,8-14,19-23,35H2,1-7H3,(H,36,39)(H2,37,38,43). The molecule has 0 radical (unpaired) electrons. The van der Waals surface area contributed by atoms with E-state index in [9.17, 15) is 24.0 Å². The van der Waals surface area contributed by atoms with E-state index in [1.807, 2.05) is 31.2 Å². The Morgan fingerprint density at radius 3 is 1.93 bits per heavy atom. The molecule has 12 heteroatoms. The summed E-state index contributed by atoms with van der Waals surface area (Å²) in [4.78, 5) is 63.6. The van der Waals surface area contributed by atoms with Crippen molar-refractivity contribution in [1.82, 2.24) is 16.0 Å². The molecule has 0 spiro atoms. The van der Waals surface area contributed by atoms with E-state index < -0.39 is 47.2 Å². The summed E-state index contributed by atoms with van der Waals surface area (Å²) in [6, 6.07) is 4.47. The molecule has 12 nitrogen and oxygen atoms in total. The van der Waals surface area contributed by atoms with Crippen molar-refractivity contribution in [3.8, 4) is 0 Å². The average molecular weight is 649 g/mol. The Bertz CT molecular complexity index is 1110. The van der Waals surface area contributed by atoms with Crippen molar-refractivity contribution in [2.45, 2.75) is 136 Å². The Morgan fingerprint density at radius 1 is 0.739 bits per heavy atom. The lowest BCUT2D eigenvalue weighted by Gasteiger charge is -2.25. The highest BCUT2D eigenvalue weighted by atomic mass is 16.6. The van der Waals surface area contributed by atoms with Gasteiger partial charge in [-0.05, 0) is 99.1 Å². The molecule has 2 unspecified atom stereocenters. The summed E-state index contributed by atoms with van der Waals surface area (Å²) < 4.78 is 16.3. The van der Waals surface area contributed by atoms with Crippen LogP contribution in [0.3, 0.4) is 0 Å². The zero-order valence-corrected chi connectivity index (χ0v) is 28.8. The van der Waals surface area contributed by atoms with Gasteiger partial charge in [0.05, 0.1) is 0 Å². The number of hydrogen-bond donors (Lipinski definition) is 4. The monoisotopic (exact) mass is 648 g/mol. The molecule has 1 aromatic carbocycles. The first-order valence-electron chi connectivity index (χ1n) is 16.2. The molecule has 46 heavy (non-hydrogen) atoms. The second-order valence-electron chi connectivity index (χ2n) is 13.4. The van der Waals surface area contributed by atoms with Gasteiger partial charge in [-0.2, -0.15) is 0 Å². The summed E-state index contributed by atoms with van der Waals surface area (Å²) in [5, 5.41) is 8.06. The molecule has 0 bridgehead atoms. The Kier molecular flexibility index (Phi) is 17.9. The number of urea groups is 1. The highest BCUT2D eigenvalue weighted by Gasteiger charge is 2.30. The lowest BCUT2D eigenvalue weighted by Crippen LogP contribution is -2.52. The van der Waals surface area contributed by atoms with Crippen LogP contribution in [0.5, 0.6) is 0 Å². The van der Waals surface area contributed by atoms with Gasteiger partial charge in [0.15, 0.2) is 0 Å². The number of amides is 3. The number of esters is 3. The van der Waals surface area contributed by atoms with Gasteiger partial charge in [0, 0.05) is 19.4 Å². The molecule has 0 saturated carbocycles. The second-order valence-corrected chi connectivity index (χ2v) is 13.4. The number of unbranched alkanes of at least 4 members (excludes halogenated alkanes) is 3. The molecular weight excluding hydrogens is 592 g/mol.